The third kappa shape index (κ3) is 1.79. The average molecular weight is 241 g/mol. The molecule has 0 radical (unpaired) electrons. The molecule has 0 saturated heterocycles. The Labute approximate surface area is 86.9 Å². The third-order valence-electron chi connectivity index (χ3n) is 2.81. The first kappa shape index (κ1) is 9.22. The summed E-state index contributed by atoms with van der Waals surface area (Å²) < 4.78 is 1.07. The maximum Gasteiger partial charge on any atom is 0.0896 e. The van der Waals surface area contributed by atoms with E-state index in [2.05, 4.69) is 15.9 Å². The van der Waals surface area contributed by atoms with Crippen molar-refractivity contribution in [2.45, 2.75) is 31.3 Å². The molecule has 1 N–H and O–H groups in total. The lowest BCUT2D eigenvalue weighted by molar-refractivity contribution is 0.0445. The van der Waals surface area contributed by atoms with Gasteiger partial charge in [0.1, 0.15) is 0 Å². The first-order valence-electron chi connectivity index (χ1n) is 4.69. The van der Waals surface area contributed by atoms with E-state index in [1.807, 2.05) is 24.3 Å². The van der Waals surface area contributed by atoms with Crippen molar-refractivity contribution >= 4 is 15.9 Å². The van der Waals surface area contributed by atoms with Crippen molar-refractivity contribution < 1.29 is 5.11 Å². The fourth-order valence-electron chi connectivity index (χ4n) is 2.01. The summed E-state index contributed by atoms with van der Waals surface area (Å²) in [6.07, 6.45) is 4.11. The molecule has 1 saturated carbocycles. The molecule has 0 bridgehead atoms. The molecule has 0 spiro atoms. The van der Waals surface area contributed by atoms with Gasteiger partial charge >= 0.3 is 0 Å². The van der Waals surface area contributed by atoms with Crippen LogP contribution in [-0.2, 0) is 5.60 Å². The molecule has 1 aliphatic carbocycles. The van der Waals surface area contributed by atoms with Gasteiger partial charge in [0.05, 0.1) is 5.60 Å². The standard InChI is InChI=1S/C11H13BrO/c12-10-5-3-9(4-6-10)11(13)7-1-2-8-11/h3-6,13H,1-2,7-8H2. The molecule has 1 aliphatic rings. The summed E-state index contributed by atoms with van der Waals surface area (Å²) in [4.78, 5) is 0. The fourth-order valence-corrected chi connectivity index (χ4v) is 2.27. The van der Waals surface area contributed by atoms with Gasteiger partial charge in [0.25, 0.3) is 0 Å². The topological polar surface area (TPSA) is 20.2 Å². The third-order valence-corrected chi connectivity index (χ3v) is 3.34. The Hall–Kier alpha value is -0.340. The summed E-state index contributed by atoms with van der Waals surface area (Å²) >= 11 is 3.39. The van der Waals surface area contributed by atoms with Crippen LogP contribution in [0.2, 0.25) is 0 Å². The molecule has 1 aromatic carbocycles. The maximum absolute atomic E-state index is 10.2. The summed E-state index contributed by atoms with van der Waals surface area (Å²) in [7, 11) is 0. The minimum absolute atomic E-state index is 0.541. The normalized spacial score (nSPS) is 20.5. The van der Waals surface area contributed by atoms with Gasteiger partial charge in [-0.15, -0.1) is 0 Å². The number of hydrogen-bond donors (Lipinski definition) is 1. The molecule has 0 atom stereocenters. The Morgan fingerprint density at radius 1 is 1.08 bits per heavy atom. The molecule has 1 aromatic rings. The Kier molecular flexibility index (Phi) is 2.43. The van der Waals surface area contributed by atoms with Crippen LogP contribution in [0.1, 0.15) is 31.2 Å². The zero-order valence-corrected chi connectivity index (χ0v) is 9.05. The summed E-state index contributed by atoms with van der Waals surface area (Å²) in [6.45, 7) is 0. The quantitative estimate of drug-likeness (QED) is 0.800. The molecule has 0 amide bonds. The van der Waals surface area contributed by atoms with E-state index in [0.29, 0.717) is 0 Å². The van der Waals surface area contributed by atoms with Crippen LogP contribution >= 0.6 is 15.9 Å². The van der Waals surface area contributed by atoms with E-state index in [9.17, 15) is 5.11 Å². The molecule has 1 fully saturated rings. The Bertz CT molecular complexity index is 285. The van der Waals surface area contributed by atoms with Crippen LogP contribution in [0.25, 0.3) is 0 Å². The van der Waals surface area contributed by atoms with Gasteiger partial charge in [0.15, 0.2) is 0 Å². The van der Waals surface area contributed by atoms with Gasteiger partial charge in [-0.25, -0.2) is 0 Å². The van der Waals surface area contributed by atoms with Gasteiger partial charge in [-0.3, -0.25) is 0 Å². The Balaban J connectivity index is 2.29. The molecule has 2 rings (SSSR count). The van der Waals surface area contributed by atoms with E-state index in [1.165, 1.54) is 0 Å². The first-order chi connectivity index (χ1) is 6.21. The molecule has 0 aromatic heterocycles. The highest BCUT2D eigenvalue weighted by molar-refractivity contribution is 9.10. The lowest BCUT2D eigenvalue weighted by Gasteiger charge is -2.22. The second kappa shape index (κ2) is 3.43. The summed E-state index contributed by atoms with van der Waals surface area (Å²) in [5.74, 6) is 0. The van der Waals surface area contributed by atoms with Crippen molar-refractivity contribution in [2.75, 3.05) is 0 Å². The molecule has 70 valence electrons. The van der Waals surface area contributed by atoms with E-state index in [-0.39, 0.29) is 0 Å². The predicted molar refractivity (Wildman–Crippen MR) is 56.5 cm³/mol. The molecule has 1 nitrogen and oxygen atoms in total. The van der Waals surface area contributed by atoms with Gasteiger partial charge in [-0.2, -0.15) is 0 Å². The number of halogens is 1. The van der Waals surface area contributed by atoms with Crippen LogP contribution < -0.4 is 0 Å². The molecular formula is C11H13BrO. The summed E-state index contributed by atoms with van der Waals surface area (Å²) in [5, 5.41) is 10.2. The van der Waals surface area contributed by atoms with Gasteiger partial charge in [-0.1, -0.05) is 40.9 Å². The molecule has 0 unspecified atom stereocenters. The molecular weight excluding hydrogens is 228 g/mol. The van der Waals surface area contributed by atoms with Crippen molar-refractivity contribution in [3.63, 3.8) is 0 Å². The van der Waals surface area contributed by atoms with Crippen molar-refractivity contribution in [3.05, 3.63) is 34.3 Å². The second-order valence-electron chi connectivity index (χ2n) is 3.75. The highest BCUT2D eigenvalue weighted by Gasteiger charge is 2.32. The van der Waals surface area contributed by atoms with Crippen molar-refractivity contribution in [3.8, 4) is 0 Å². The zero-order chi connectivity index (χ0) is 9.31. The largest absolute Gasteiger partial charge is 0.385 e. The average Bonchev–Trinajstić information content (AvgIpc) is 2.54. The smallest absolute Gasteiger partial charge is 0.0896 e. The van der Waals surface area contributed by atoms with Crippen LogP contribution in [0, 0.1) is 0 Å². The fraction of sp³-hybridized carbons (Fsp3) is 0.455. The number of benzene rings is 1. The molecule has 2 heteroatoms. The van der Waals surface area contributed by atoms with Crippen molar-refractivity contribution in [1.29, 1.82) is 0 Å². The predicted octanol–water partition coefficient (Wildman–Crippen LogP) is 3.21. The first-order valence-corrected chi connectivity index (χ1v) is 5.48. The van der Waals surface area contributed by atoms with Crippen LogP contribution in [0.15, 0.2) is 28.7 Å². The zero-order valence-electron chi connectivity index (χ0n) is 7.46. The second-order valence-corrected chi connectivity index (χ2v) is 4.66. The van der Waals surface area contributed by atoms with Gasteiger partial charge in [0, 0.05) is 4.47 Å². The lowest BCUT2D eigenvalue weighted by atomic mass is 9.92. The Morgan fingerprint density at radius 2 is 1.62 bits per heavy atom. The van der Waals surface area contributed by atoms with E-state index >= 15 is 0 Å². The van der Waals surface area contributed by atoms with E-state index in [4.69, 9.17) is 0 Å². The lowest BCUT2D eigenvalue weighted by Crippen LogP contribution is -2.20. The number of rotatable bonds is 1. The van der Waals surface area contributed by atoms with Gasteiger partial charge in [0.2, 0.25) is 0 Å². The Morgan fingerprint density at radius 3 is 2.15 bits per heavy atom. The monoisotopic (exact) mass is 240 g/mol. The minimum Gasteiger partial charge on any atom is -0.385 e. The van der Waals surface area contributed by atoms with E-state index < -0.39 is 5.60 Å². The number of hydrogen-bond acceptors (Lipinski definition) is 1. The molecule has 0 heterocycles. The van der Waals surface area contributed by atoms with Gasteiger partial charge < -0.3 is 5.11 Å². The highest BCUT2D eigenvalue weighted by atomic mass is 79.9. The minimum atomic E-state index is -0.541. The van der Waals surface area contributed by atoms with Crippen LogP contribution in [0.4, 0.5) is 0 Å². The van der Waals surface area contributed by atoms with Crippen LogP contribution in [-0.4, -0.2) is 5.11 Å². The number of aliphatic hydroxyl groups is 1. The van der Waals surface area contributed by atoms with E-state index in [1.54, 1.807) is 0 Å². The SMILES string of the molecule is OC1(c2ccc(Br)cc2)CCCC1. The van der Waals surface area contributed by atoms with Crippen LogP contribution in [0.3, 0.4) is 0 Å². The van der Waals surface area contributed by atoms with Crippen LogP contribution in [0.5, 0.6) is 0 Å². The van der Waals surface area contributed by atoms with Crippen molar-refractivity contribution in [2.24, 2.45) is 0 Å². The molecule has 13 heavy (non-hydrogen) atoms. The van der Waals surface area contributed by atoms with E-state index in [0.717, 1.165) is 35.7 Å². The highest BCUT2D eigenvalue weighted by Crippen LogP contribution is 2.38. The summed E-state index contributed by atoms with van der Waals surface area (Å²) in [5.41, 5.74) is 0.522. The van der Waals surface area contributed by atoms with Crippen molar-refractivity contribution in [1.82, 2.24) is 0 Å². The summed E-state index contributed by atoms with van der Waals surface area (Å²) in [6, 6.07) is 8.00. The maximum atomic E-state index is 10.2. The molecule has 0 aliphatic heterocycles. The van der Waals surface area contributed by atoms with Gasteiger partial charge in [-0.05, 0) is 30.5 Å².